The second kappa shape index (κ2) is 3.05. The third-order valence-corrected chi connectivity index (χ3v) is 2.19. The molecule has 1 aliphatic rings. The van der Waals surface area contributed by atoms with E-state index in [1.165, 1.54) is 0 Å². The Balaban J connectivity index is 2.79. The van der Waals surface area contributed by atoms with Crippen molar-refractivity contribution in [3.63, 3.8) is 0 Å². The predicted molar refractivity (Wildman–Crippen MR) is 39.5 cm³/mol. The van der Waals surface area contributed by atoms with E-state index in [2.05, 4.69) is 0 Å². The van der Waals surface area contributed by atoms with Crippen molar-refractivity contribution in [3.05, 3.63) is 0 Å². The van der Waals surface area contributed by atoms with E-state index in [9.17, 15) is 14.4 Å². The summed E-state index contributed by atoms with van der Waals surface area (Å²) in [7, 11) is 0. The van der Waals surface area contributed by atoms with Crippen LogP contribution in [0.1, 0.15) is 19.8 Å². The zero-order valence-electron chi connectivity index (χ0n) is 6.74. The smallest absolute Gasteiger partial charge is 0.314 e. The van der Waals surface area contributed by atoms with Gasteiger partial charge in [0.05, 0.1) is 0 Å². The minimum Gasteiger partial charge on any atom is -0.481 e. The molecule has 0 radical (unpaired) electrons. The van der Waals surface area contributed by atoms with Crippen molar-refractivity contribution >= 4 is 17.5 Å². The first-order chi connectivity index (χ1) is 5.54. The van der Waals surface area contributed by atoms with E-state index in [-0.39, 0.29) is 5.92 Å². The van der Waals surface area contributed by atoms with Gasteiger partial charge < -0.3 is 5.11 Å². The number of carbonyl (C=O) groups is 3. The van der Waals surface area contributed by atoms with Gasteiger partial charge in [-0.3, -0.25) is 14.4 Å². The van der Waals surface area contributed by atoms with Gasteiger partial charge in [-0.1, -0.05) is 6.92 Å². The number of carboxylic acids is 1. The van der Waals surface area contributed by atoms with E-state index >= 15 is 0 Å². The van der Waals surface area contributed by atoms with E-state index in [1.54, 1.807) is 6.92 Å². The molecule has 0 bridgehead atoms. The van der Waals surface area contributed by atoms with Crippen LogP contribution in [0.3, 0.4) is 0 Å². The van der Waals surface area contributed by atoms with Crippen LogP contribution in [0.5, 0.6) is 0 Å². The first-order valence-electron chi connectivity index (χ1n) is 3.85. The van der Waals surface area contributed by atoms with Crippen molar-refractivity contribution < 1.29 is 19.5 Å². The average molecular weight is 170 g/mol. The molecule has 0 aromatic rings. The van der Waals surface area contributed by atoms with Gasteiger partial charge in [-0.2, -0.15) is 0 Å². The lowest BCUT2D eigenvalue weighted by molar-refractivity contribution is -0.153. The van der Waals surface area contributed by atoms with Gasteiger partial charge in [-0.25, -0.2) is 0 Å². The first kappa shape index (κ1) is 8.90. The maximum absolute atomic E-state index is 11.0. The Kier molecular flexibility index (Phi) is 2.26. The zero-order valence-corrected chi connectivity index (χ0v) is 6.74. The van der Waals surface area contributed by atoms with Crippen LogP contribution in [0, 0.1) is 11.8 Å². The molecular formula is C8H10O4. The number of carbonyl (C=O) groups excluding carboxylic acids is 2. The van der Waals surface area contributed by atoms with Gasteiger partial charge in [0.15, 0.2) is 0 Å². The van der Waals surface area contributed by atoms with Crippen molar-refractivity contribution in [2.45, 2.75) is 19.8 Å². The van der Waals surface area contributed by atoms with Crippen LogP contribution in [0.4, 0.5) is 0 Å². The van der Waals surface area contributed by atoms with Gasteiger partial charge in [0.2, 0.25) is 11.6 Å². The van der Waals surface area contributed by atoms with Gasteiger partial charge in [-0.15, -0.1) is 0 Å². The molecule has 0 saturated heterocycles. The van der Waals surface area contributed by atoms with Crippen molar-refractivity contribution in [3.8, 4) is 0 Å². The number of aliphatic carboxylic acids is 1. The molecular weight excluding hydrogens is 160 g/mol. The molecule has 0 aromatic heterocycles. The minimum absolute atomic E-state index is 0.293. The first-order valence-corrected chi connectivity index (χ1v) is 3.85. The van der Waals surface area contributed by atoms with E-state index in [1.807, 2.05) is 0 Å². The predicted octanol–water partition coefficient (Wildman–Crippen LogP) is 0.255. The van der Waals surface area contributed by atoms with Crippen LogP contribution in [-0.4, -0.2) is 22.6 Å². The summed E-state index contributed by atoms with van der Waals surface area (Å²) in [5, 5.41) is 8.54. The Labute approximate surface area is 69.6 Å². The van der Waals surface area contributed by atoms with Crippen LogP contribution in [0.2, 0.25) is 0 Å². The molecule has 0 spiro atoms. The SMILES string of the molecule is CC1CCC(C(=O)O)C(=O)C1=O. The summed E-state index contributed by atoms with van der Waals surface area (Å²) >= 11 is 0. The van der Waals surface area contributed by atoms with Gasteiger partial charge in [0, 0.05) is 5.92 Å². The highest BCUT2D eigenvalue weighted by atomic mass is 16.4. The van der Waals surface area contributed by atoms with Crippen LogP contribution in [-0.2, 0) is 14.4 Å². The zero-order chi connectivity index (χ0) is 9.30. The molecule has 0 aromatic carbocycles. The Morgan fingerprint density at radius 3 is 2.42 bits per heavy atom. The third-order valence-electron chi connectivity index (χ3n) is 2.19. The van der Waals surface area contributed by atoms with Crippen molar-refractivity contribution in [2.24, 2.45) is 11.8 Å². The highest BCUT2D eigenvalue weighted by molar-refractivity contribution is 6.42. The number of carboxylic acid groups (broad SMARTS) is 1. The van der Waals surface area contributed by atoms with Crippen LogP contribution < -0.4 is 0 Å². The van der Waals surface area contributed by atoms with Crippen molar-refractivity contribution in [1.29, 1.82) is 0 Å². The molecule has 1 rings (SSSR count). The summed E-state index contributed by atoms with van der Waals surface area (Å²) in [4.78, 5) is 32.5. The minimum atomic E-state index is -1.18. The molecule has 1 fully saturated rings. The highest BCUT2D eigenvalue weighted by Gasteiger charge is 2.38. The number of Topliss-reactive ketones (excluding diaryl/α,β-unsaturated/α-hetero) is 2. The van der Waals surface area contributed by atoms with Gasteiger partial charge in [-0.05, 0) is 12.8 Å². The summed E-state index contributed by atoms with van der Waals surface area (Å²) in [6, 6.07) is 0. The Morgan fingerprint density at radius 2 is 1.92 bits per heavy atom. The van der Waals surface area contributed by atoms with E-state index in [0.29, 0.717) is 12.8 Å². The molecule has 12 heavy (non-hydrogen) atoms. The fourth-order valence-electron chi connectivity index (χ4n) is 1.33. The van der Waals surface area contributed by atoms with Crippen LogP contribution in [0.25, 0.3) is 0 Å². The van der Waals surface area contributed by atoms with E-state index in [4.69, 9.17) is 5.11 Å². The summed E-state index contributed by atoms with van der Waals surface area (Å²) in [6.07, 6.45) is 0.794. The normalized spacial score (nSPS) is 30.4. The molecule has 0 heterocycles. The van der Waals surface area contributed by atoms with Crippen LogP contribution in [0.15, 0.2) is 0 Å². The molecule has 1 N–H and O–H groups in total. The molecule has 4 nitrogen and oxygen atoms in total. The fourth-order valence-corrected chi connectivity index (χ4v) is 1.33. The summed E-state index contributed by atoms with van der Waals surface area (Å²) in [6.45, 7) is 1.65. The molecule has 2 atom stereocenters. The van der Waals surface area contributed by atoms with Crippen molar-refractivity contribution in [2.75, 3.05) is 0 Å². The lowest BCUT2D eigenvalue weighted by Gasteiger charge is -2.20. The lowest BCUT2D eigenvalue weighted by Crippen LogP contribution is -2.38. The summed E-state index contributed by atoms with van der Waals surface area (Å²) in [5.74, 6) is -3.84. The number of hydrogen-bond acceptors (Lipinski definition) is 3. The largest absolute Gasteiger partial charge is 0.481 e. The third kappa shape index (κ3) is 1.37. The second-order valence-electron chi connectivity index (χ2n) is 3.10. The maximum atomic E-state index is 11.0. The van der Waals surface area contributed by atoms with Gasteiger partial charge >= 0.3 is 5.97 Å². The Bertz CT molecular complexity index is 243. The summed E-state index contributed by atoms with van der Waals surface area (Å²) in [5.41, 5.74) is 0. The fraction of sp³-hybridized carbons (Fsp3) is 0.625. The topological polar surface area (TPSA) is 71.4 Å². The lowest BCUT2D eigenvalue weighted by atomic mass is 9.81. The number of rotatable bonds is 1. The monoisotopic (exact) mass is 170 g/mol. The number of hydrogen-bond donors (Lipinski definition) is 1. The standard InChI is InChI=1S/C8H10O4/c1-4-2-3-5(8(11)12)7(10)6(4)9/h4-5H,2-3H2,1H3,(H,11,12). The van der Waals surface area contributed by atoms with Crippen LogP contribution >= 0.6 is 0 Å². The molecule has 1 saturated carbocycles. The van der Waals surface area contributed by atoms with E-state index in [0.717, 1.165) is 0 Å². The molecule has 66 valence electrons. The van der Waals surface area contributed by atoms with Gasteiger partial charge in [0.25, 0.3) is 0 Å². The Morgan fingerprint density at radius 1 is 1.33 bits per heavy atom. The van der Waals surface area contributed by atoms with E-state index < -0.39 is 23.5 Å². The van der Waals surface area contributed by atoms with Gasteiger partial charge in [0.1, 0.15) is 5.92 Å². The Hall–Kier alpha value is -1.19. The molecule has 1 aliphatic carbocycles. The quantitative estimate of drug-likeness (QED) is 0.452. The number of ketones is 2. The molecule has 2 unspecified atom stereocenters. The molecule has 0 amide bonds. The summed E-state index contributed by atoms with van der Waals surface area (Å²) < 4.78 is 0. The molecule has 0 aliphatic heterocycles. The van der Waals surface area contributed by atoms with Crippen molar-refractivity contribution in [1.82, 2.24) is 0 Å². The highest BCUT2D eigenvalue weighted by Crippen LogP contribution is 2.22. The maximum Gasteiger partial charge on any atom is 0.314 e. The second-order valence-corrected chi connectivity index (χ2v) is 3.10. The molecule has 4 heteroatoms. The average Bonchev–Trinajstić information content (AvgIpc) is 2.00.